The van der Waals surface area contributed by atoms with Crippen LogP contribution in [-0.4, -0.2) is 23.9 Å². The Morgan fingerprint density at radius 1 is 1.13 bits per heavy atom. The third-order valence-corrected chi connectivity index (χ3v) is 4.34. The van der Waals surface area contributed by atoms with E-state index in [1.165, 1.54) is 5.56 Å². The highest BCUT2D eigenvalue weighted by molar-refractivity contribution is 5.95. The standard InChI is InChI=1S/C19H23N3O/c20-17-10-4-5-11-18(17)21-19(23)16-9-6-12-22(14-16)13-15-7-2-1-3-8-15/h1-5,7-8,10-11,16H,6,9,12-14,20H2,(H,21,23). The van der Waals surface area contributed by atoms with Crippen LogP contribution >= 0.6 is 0 Å². The summed E-state index contributed by atoms with van der Waals surface area (Å²) in [5.74, 6) is 0.0905. The zero-order chi connectivity index (χ0) is 16.1. The molecule has 3 rings (SSSR count). The number of likely N-dealkylation sites (tertiary alicyclic amines) is 1. The minimum absolute atomic E-state index is 0.0204. The van der Waals surface area contributed by atoms with Crippen molar-refractivity contribution in [2.45, 2.75) is 19.4 Å². The maximum absolute atomic E-state index is 12.5. The number of amides is 1. The second kappa shape index (κ2) is 7.29. The molecule has 4 heteroatoms. The fraction of sp³-hybridized carbons (Fsp3) is 0.316. The van der Waals surface area contributed by atoms with Gasteiger partial charge >= 0.3 is 0 Å². The molecule has 0 saturated carbocycles. The predicted molar refractivity (Wildman–Crippen MR) is 93.9 cm³/mol. The molecule has 0 bridgehead atoms. The summed E-state index contributed by atoms with van der Waals surface area (Å²) in [7, 11) is 0. The Morgan fingerprint density at radius 2 is 1.87 bits per heavy atom. The first kappa shape index (κ1) is 15.6. The van der Waals surface area contributed by atoms with Gasteiger partial charge in [0.25, 0.3) is 0 Å². The molecule has 1 amide bonds. The van der Waals surface area contributed by atoms with Gasteiger partial charge < -0.3 is 11.1 Å². The van der Waals surface area contributed by atoms with E-state index in [4.69, 9.17) is 5.73 Å². The third kappa shape index (κ3) is 4.11. The molecule has 1 unspecified atom stereocenters. The zero-order valence-corrected chi connectivity index (χ0v) is 13.2. The average molecular weight is 309 g/mol. The quantitative estimate of drug-likeness (QED) is 0.853. The van der Waals surface area contributed by atoms with Crippen molar-refractivity contribution in [3.05, 3.63) is 60.2 Å². The van der Waals surface area contributed by atoms with E-state index in [9.17, 15) is 4.79 Å². The molecule has 2 aromatic rings. The lowest BCUT2D eigenvalue weighted by atomic mass is 9.96. The predicted octanol–water partition coefficient (Wildman–Crippen LogP) is 3.12. The van der Waals surface area contributed by atoms with E-state index >= 15 is 0 Å². The third-order valence-electron chi connectivity index (χ3n) is 4.34. The summed E-state index contributed by atoms with van der Waals surface area (Å²) < 4.78 is 0. The molecule has 1 saturated heterocycles. The maximum atomic E-state index is 12.5. The number of rotatable bonds is 4. The molecule has 0 aromatic heterocycles. The molecular formula is C19H23N3O. The molecule has 4 nitrogen and oxygen atoms in total. The summed E-state index contributed by atoms with van der Waals surface area (Å²) in [5, 5.41) is 2.97. The van der Waals surface area contributed by atoms with Crippen LogP contribution in [0.3, 0.4) is 0 Å². The van der Waals surface area contributed by atoms with Gasteiger partial charge in [-0.25, -0.2) is 0 Å². The van der Waals surface area contributed by atoms with Gasteiger partial charge in [-0.1, -0.05) is 42.5 Å². The fourth-order valence-corrected chi connectivity index (χ4v) is 3.10. The van der Waals surface area contributed by atoms with E-state index in [2.05, 4.69) is 34.5 Å². The molecule has 3 N–H and O–H groups in total. The molecule has 0 radical (unpaired) electrons. The summed E-state index contributed by atoms with van der Waals surface area (Å²) in [6, 6.07) is 17.8. The molecule has 1 heterocycles. The van der Waals surface area contributed by atoms with E-state index in [0.29, 0.717) is 11.4 Å². The fourth-order valence-electron chi connectivity index (χ4n) is 3.10. The van der Waals surface area contributed by atoms with Gasteiger partial charge in [-0.05, 0) is 37.1 Å². The van der Waals surface area contributed by atoms with Gasteiger partial charge in [0.1, 0.15) is 0 Å². The number of nitrogens with two attached hydrogens (primary N) is 1. The van der Waals surface area contributed by atoms with Crippen LogP contribution in [0.15, 0.2) is 54.6 Å². The maximum Gasteiger partial charge on any atom is 0.228 e. The highest BCUT2D eigenvalue weighted by atomic mass is 16.1. The Kier molecular flexibility index (Phi) is 4.93. The van der Waals surface area contributed by atoms with Gasteiger partial charge in [0, 0.05) is 13.1 Å². The number of nitrogens with one attached hydrogen (secondary N) is 1. The normalized spacial score (nSPS) is 18.5. The SMILES string of the molecule is Nc1ccccc1NC(=O)C1CCCN(Cc2ccccc2)C1. The van der Waals surface area contributed by atoms with Crippen molar-refractivity contribution in [3.63, 3.8) is 0 Å². The van der Waals surface area contributed by atoms with Crippen LogP contribution in [0.1, 0.15) is 18.4 Å². The van der Waals surface area contributed by atoms with Crippen molar-refractivity contribution in [1.29, 1.82) is 0 Å². The van der Waals surface area contributed by atoms with Crippen molar-refractivity contribution in [1.82, 2.24) is 4.90 Å². The van der Waals surface area contributed by atoms with Gasteiger partial charge in [-0.15, -0.1) is 0 Å². The van der Waals surface area contributed by atoms with Crippen molar-refractivity contribution in [2.24, 2.45) is 5.92 Å². The Balaban J connectivity index is 1.59. The lowest BCUT2D eigenvalue weighted by molar-refractivity contribution is -0.121. The smallest absolute Gasteiger partial charge is 0.228 e. The number of carbonyl (C=O) groups is 1. The number of nitrogen functional groups attached to an aromatic ring is 1. The number of hydrogen-bond donors (Lipinski definition) is 2. The first-order chi connectivity index (χ1) is 11.2. The topological polar surface area (TPSA) is 58.4 Å². The Bertz CT molecular complexity index is 657. The molecule has 1 atom stereocenters. The van der Waals surface area contributed by atoms with E-state index in [1.807, 2.05) is 24.3 Å². The first-order valence-corrected chi connectivity index (χ1v) is 8.14. The summed E-state index contributed by atoms with van der Waals surface area (Å²) in [6.07, 6.45) is 1.99. The van der Waals surface area contributed by atoms with Crippen LogP contribution in [0, 0.1) is 5.92 Å². The number of piperidine rings is 1. The summed E-state index contributed by atoms with van der Waals surface area (Å²) >= 11 is 0. The molecule has 2 aromatic carbocycles. The van der Waals surface area contributed by atoms with E-state index in [-0.39, 0.29) is 11.8 Å². The van der Waals surface area contributed by atoms with Crippen LogP contribution in [0.25, 0.3) is 0 Å². The van der Waals surface area contributed by atoms with Crippen molar-refractivity contribution >= 4 is 17.3 Å². The average Bonchev–Trinajstić information content (AvgIpc) is 2.58. The Hall–Kier alpha value is -2.33. The molecule has 1 aliphatic rings. The Morgan fingerprint density at radius 3 is 2.65 bits per heavy atom. The van der Waals surface area contributed by atoms with Crippen molar-refractivity contribution < 1.29 is 4.79 Å². The summed E-state index contributed by atoms with van der Waals surface area (Å²) in [5.41, 5.74) is 8.51. The molecule has 1 fully saturated rings. The van der Waals surface area contributed by atoms with Gasteiger partial charge in [-0.3, -0.25) is 9.69 Å². The molecular weight excluding hydrogens is 286 g/mol. The highest BCUT2D eigenvalue weighted by Crippen LogP contribution is 2.22. The second-order valence-corrected chi connectivity index (χ2v) is 6.14. The van der Waals surface area contributed by atoms with Crippen molar-refractivity contribution in [3.8, 4) is 0 Å². The number of nitrogens with zero attached hydrogens (tertiary/aromatic N) is 1. The lowest BCUT2D eigenvalue weighted by Gasteiger charge is -2.32. The number of hydrogen-bond acceptors (Lipinski definition) is 3. The molecule has 0 aliphatic carbocycles. The zero-order valence-electron chi connectivity index (χ0n) is 13.2. The van der Waals surface area contributed by atoms with Gasteiger partial charge in [0.05, 0.1) is 17.3 Å². The summed E-state index contributed by atoms with van der Waals surface area (Å²) in [6.45, 7) is 2.75. The monoisotopic (exact) mass is 309 g/mol. The second-order valence-electron chi connectivity index (χ2n) is 6.14. The van der Waals surface area contributed by atoms with Gasteiger partial charge in [0.2, 0.25) is 5.91 Å². The molecule has 0 spiro atoms. The number of benzene rings is 2. The molecule has 120 valence electrons. The van der Waals surface area contributed by atoms with Gasteiger partial charge in [0.15, 0.2) is 0 Å². The van der Waals surface area contributed by atoms with Crippen LogP contribution in [-0.2, 0) is 11.3 Å². The van der Waals surface area contributed by atoms with Crippen LogP contribution in [0.5, 0.6) is 0 Å². The highest BCUT2D eigenvalue weighted by Gasteiger charge is 2.26. The lowest BCUT2D eigenvalue weighted by Crippen LogP contribution is -2.40. The Labute approximate surface area is 137 Å². The van der Waals surface area contributed by atoms with Crippen LogP contribution < -0.4 is 11.1 Å². The number of anilines is 2. The van der Waals surface area contributed by atoms with E-state index < -0.39 is 0 Å². The minimum atomic E-state index is 0.0204. The van der Waals surface area contributed by atoms with E-state index in [0.717, 1.165) is 32.5 Å². The first-order valence-electron chi connectivity index (χ1n) is 8.14. The number of para-hydroxylation sites is 2. The minimum Gasteiger partial charge on any atom is -0.397 e. The largest absolute Gasteiger partial charge is 0.397 e. The molecule has 1 aliphatic heterocycles. The number of carbonyl (C=O) groups excluding carboxylic acids is 1. The van der Waals surface area contributed by atoms with E-state index in [1.54, 1.807) is 6.07 Å². The summed E-state index contributed by atoms with van der Waals surface area (Å²) in [4.78, 5) is 14.9. The molecule has 23 heavy (non-hydrogen) atoms. The van der Waals surface area contributed by atoms with Crippen molar-refractivity contribution in [2.75, 3.05) is 24.1 Å². The van der Waals surface area contributed by atoms with Gasteiger partial charge in [-0.2, -0.15) is 0 Å². The van der Waals surface area contributed by atoms with Crippen LogP contribution in [0.4, 0.5) is 11.4 Å². The van der Waals surface area contributed by atoms with Crippen LogP contribution in [0.2, 0.25) is 0 Å².